The molecule has 0 amide bonds. The summed E-state index contributed by atoms with van der Waals surface area (Å²) < 4.78 is 0.655. The molecule has 1 aliphatic heterocycles. The van der Waals surface area contributed by atoms with E-state index in [1.54, 1.807) is 0 Å². The minimum Gasteiger partial charge on any atom is -0.358 e. The molecule has 1 fully saturated rings. The van der Waals surface area contributed by atoms with Crippen molar-refractivity contribution in [2.75, 3.05) is 12.3 Å². The summed E-state index contributed by atoms with van der Waals surface area (Å²) in [4.78, 5) is 0. The first kappa shape index (κ1) is 5.45. The van der Waals surface area contributed by atoms with E-state index in [9.17, 15) is 0 Å². The van der Waals surface area contributed by atoms with Crippen molar-refractivity contribution in [1.29, 1.82) is 0 Å². The van der Waals surface area contributed by atoms with E-state index < -0.39 is 0 Å². The Balaban J connectivity index is 2.13. The van der Waals surface area contributed by atoms with Crippen molar-refractivity contribution in [1.82, 2.24) is 0 Å². The van der Waals surface area contributed by atoms with Crippen molar-refractivity contribution >= 4 is 11.8 Å². The molecule has 1 unspecified atom stereocenters. The molecule has 0 aliphatic carbocycles. The Bertz CT molecular complexity index is 68.5. The lowest BCUT2D eigenvalue weighted by Crippen LogP contribution is -2.51. The second kappa shape index (κ2) is 1.67. The maximum Gasteiger partial charge on any atom is 0.0753 e. The molecule has 1 nitrogen and oxygen atoms in total. The molecule has 0 aromatic rings. The SMILES string of the molecule is CC1(CC[NH3+])CS1. The van der Waals surface area contributed by atoms with Gasteiger partial charge in [-0.2, -0.15) is 11.8 Å². The van der Waals surface area contributed by atoms with E-state index in [4.69, 9.17) is 0 Å². The van der Waals surface area contributed by atoms with Gasteiger partial charge in [0.15, 0.2) is 0 Å². The van der Waals surface area contributed by atoms with Crippen molar-refractivity contribution in [3.63, 3.8) is 0 Å². The minimum atomic E-state index is 0.655. The van der Waals surface area contributed by atoms with E-state index in [1.165, 1.54) is 12.2 Å². The van der Waals surface area contributed by atoms with Gasteiger partial charge in [0, 0.05) is 16.9 Å². The number of quaternary nitrogens is 1. The van der Waals surface area contributed by atoms with Crippen molar-refractivity contribution in [3.8, 4) is 0 Å². The zero-order valence-corrected chi connectivity index (χ0v) is 5.55. The maximum absolute atomic E-state index is 3.80. The summed E-state index contributed by atoms with van der Waals surface area (Å²) in [6.45, 7) is 3.41. The molecule has 0 radical (unpaired) electrons. The zero-order valence-electron chi connectivity index (χ0n) is 4.74. The fourth-order valence-electron chi connectivity index (χ4n) is 0.641. The van der Waals surface area contributed by atoms with Crippen LogP contribution in [-0.2, 0) is 0 Å². The highest BCUT2D eigenvalue weighted by atomic mass is 32.2. The average Bonchev–Trinajstić information content (AvgIpc) is 2.22. The van der Waals surface area contributed by atoms with Crippen LogP contribution < -0.4 is 5.73 Å². The van der Waals surface area contributed by atoms with Crippen molar-refractivity contribution in [2.24, 2.45) is 0 Å². The predicted molar refractivity (Wildman–Crippen MR) is 33.2 cm³/mol. The normalized spacial score (nSPS) is 38.6. The molecule has 0 aromatic heterocycles. The fourth-order valence-corrected chi connectivity index (χ4v) is 1.32. The number of thioether (sulfide) groups is 1. The second-order valence-corrected chi connectivity index (χ2v) is 3.91. The highest BCUT2D eigenvalue weighted by molar-refractivity contribution is 8.07. The van der Waals surface area contributed by atoms with E-state index in [2.05, 4.69) is 24.4 Å². The molecule has 0 spiro atoms. The quantitative estimate of drug-likeness (QED) is 0.513. The van der Waals surface area contributed by atoms with Gasteiger partial charge in [0.25, 0.3) is 0 Å². The molecule has 2 heteroatoms. The third-order valence-electron chi connectivity index (χ3n) is 1.34. The van der Waals surface area contributed by atoms with Crippen LogP contribution in [0.15, 0.2) is 0 Å². The first-order valence-corrected chi connectivity index (χ1v) is 3.69. The number of rotatable bonds is 2. The Kier molecular flexibility index (Phi) is 1.30. The highest BCUT2D eigenvalue weighted by Gasteiger charge is 2.37. The topological polar surface area (TPSA) is 27.6 Å². The van der Waals surface area contributed by atoms with Gasteiger partial charge in [0.05, 0.1) is 6.54 Å². The lowest BCUT2D eigenvalue weighted by atomic mass is 10.1. The molecule has 7 heavy (non-hydrogen) atoms. The van der Waals surface area contributed by atoms with E-state index >= 15 is 0 Å². The van der Waals surface area contributed by atoms with Crippen LogP contribution in [0.3, 0.4) is 0 Å². The van der Waals surface area contributed by atoms with Crippen LogP contribution in [0.2, 0.25) is 0 Å². The molecule has 1 aliphatic rings. The van der Waals surface area contributed by atoms with Crippen LogP contribution in [-0.4, -0.2) is 17.0 Å². The fraction of sp³-hybridized carbons (Fsp3) is 1.00. The lowest BCUT2D eigenvalue weighted by molar-refractivity contribution is -0.368. The van der Waals surface area contributed by atoms with Gasteiger partial charge in [-0.1, -0.05) is 0 Å². The van der Waals surface area contributed by atoms with Crippen molar-refractivity contribution in [3.05, 3.63) is 0 Å². The smallest absolute Gasteiger partial charge is 0.0753 e. The van der Waals surface area contributed by atoms with Gasteiger partial charge in [-0.25, -0.2) is 0 Å². The number of hydrogen-bond donors (Lipinski definition) is 1. The van der Waals surface area contributed by atoms with Crippen LogP contribution in [0.5, 0.6) is 0 Å². The minimum absolute atomic E-state index is 0.655. The van der Waals surface area contributed by atoms with Gasteiger partial charge >= 0.3 is 0 Å². The summed E-state index contributed by atoms with van der Waals surface area (Å²) in [6, 6.07) is 0. The van der Waals surface area contributed by atoms with Gasteiger partial charge in [-0.15, -0.1) is 0 Å². The molecule has 1 rings (SSSR count). The first-order chi connectivity index (χ1) is 3.27. The molecule has 42 valence electrons. The molecule has 1 atom stereocenters. The molecule has 0 saturated carbocycles. The zero-order chi connectivity index (χ0) is 5.33. The third kappa shape index (κ3) is 1.35. The summed E-state index contributed by atoms with van der Waals surface area (Å²) in [5, 5.41) is 0. The van der Waals surface area contributed by atoms with E-state index in [0.717, 1.165) is 6.54 Å². The Morgan fingerprint density at radius 2 is 2.43 bits per heavy atom. The van der Waals surface area contributed by atoms with E-state index in [1.807, 2.05) is 0 Å². The number of hydrogen-bond acceptors (Lipinski definition) is 1. The predicted octanol–water partition coefficient (Wildman–Crippen LogP) is 0.124. The average molecular weight is 118 g/mol. The van der Waals surface area contributed by atoms with Crippen molar-refractivity contribution < 1.29 is 5.73 Å². The molecule has 1 saturated heterocycles. The molecular formula is C5H12NS+. The third-order valence-corrected chi connectivity index (χ3v) is 2.82. The molecule has 3 N–H and O–H groups in total. The second-order valence-electron chi connectivity index (χ2n) is 2.34. The Morgan fingerprint density at radius 1 is 1.86 bits per heavy atom. The standard InChI is InChI=1S/C5H11NS/c1-5(2-3-6)4-7-5/h2-4,6H2,1H3/p+1. The highest BCUT2D eigenvalue weighted by Crippen LogP contribution is 2.46. The van der Waals surface area contributed by atoms with Crippen LogP contribution in [0.25, 0.3) is 0 Å². The summed E-state index contributed by atoms with van der Waals surface area (Å²) >= 11 is 2.06. The summed E-state index contributed by atoms with van der Waals surface area (Å²) in [6.07, 6.45) is 1.30. The van der Waals surface area contributed by atoms with Gasteiger partial charge in [0.2, 0.25) is 0 Å². The summed E-state index contributed by atoms with van der Waals surface area (Å²) in [7, 11) is 0. The van der Waals surface area contributed by atoms with Crippen LogP contribution in [0.4, 0.5) is 0 Å². The van der Waals surface area contributed by atoms with Gasteiger partial charge in [0.1, 0.15) is 0 Å². The van der Waals surface area contributed by atoms with Gasteiger partial charge in [-0.05, 0) is 6.92 Å². The lowest BCUT2D eigenvalue weighted by Gasteiger charge is -1.97. The Hall–Kier alpha value is 0.310. The van der Waals surface area contributed by atoms with Gasteiger partial charge < -0.3 is 5.73 Å². The van der Waals surface area contributed by atoms with Crippen LogP contribution in [0, 0.1) is 0 Å². The molecule has 0 aromatic carbocycles. The molecule has 1 heterocycles. The molecule has 0 bridgehead atoms. The largest absolute Gasteiger partial charge is 0.358 e. The first-order valence-electron chi connectivity index (χ1n) is 2.70. The van der Waals surface area contributed by atoms with E-state index in [-0.39, 0.29) is 0 Å². The van der Waals surface area contributed by atoms with Gasteiger partial charge in [-0.3, -0.25) is 0 Å². The summed E-state index contributed by atoms with van der Waals surface area (Å²) in [5.41, 5.74) is 3.80. The van der Waals surface area contributed by atoms with Crippen LogP contribution >= 0.6 is 11.8 Å². The maximum atomic E-state index is 3.80. The van der Waals surface area contributed by atoms with Crippen LogP contribution in [0.1, 0.15) is 13.3 Å². The monoisotopic (exact) mass is 118 g/mol. The Morgan fingerprint density at radius 3 is 2.57 bits per heavy atom. The Labute approximate surface area is 48.7 Å². The van der Waals surface area contributed by atoms with Crippen molar-refractivity contribution in [2.45, 2.75) is 18.1 Å². The van der Waals surface area contributed by atoms with E-state index in [0.29, 0.717) is 4.75 Å². The summed E-state index contributed by atoms with van der Waals surface area (Å²) in [5.74, 6) is 1.36. The molecular weight excluding hydrogens is 106 g/mol.